The molecule has 5 nitrogen and oxygen atoms in total. The first kappa shape index (κ1) is 22.5. The largest absolute Gasteiger partial charge is 0.481 e. The maximum absolute atomic E-state index is 12.6. The second kappa shape index (κ2) is 9.64. The second-order valence-electron chi connectivity index (χ2n) is 8.55. The predicted octanol–water partition coefficient (Wildman–Crippen LogP) is 3.95. The minimum atomic E-state index is -0.574. The number of carbonyl (C=O) groups excluding carboxylic acids is 2. The number of halogens is 1. The lowest BCUT2D eigenvalue weighted by atomic mass is 9.92. The van der Waals surface area contributed by atoms with E-state index in [0.29, 0.717) is 24.9 Å². The third-order valence-corrected chi connectivity index (χ3v) is 5.92. The van der Waals surface area contributed by atoms with Crippen LogP contribution in [0.4, 0.5) is 0 Å². The molecule has 0 aliphatic carbocycles. The van der Waals surface area contributed by atoms with Crippen LogP contribution in [0.5, 0.6) is 5.75 Å². The van der Waals surface area contributed by atoms with Crippen molar-refractivity contribution in [3.8, 4) is 5.75 Å². The standard InChI is InChI=1S/C22H33ClN2O3/c1-15(2)18-8-6-7-9-19(18)28-16(3)20(26)24-17-10-12-25(13-11-17)21(27)22(4,5)14-23/h6-9,15-17H,10-14H2,1-5H3,(H,24,26). The number of carbonyl (C=O) groups is 2. The van der Waals surface area contributed by atoms with E-state index in [-0.39, 0.29) is 17.9 Å². The average Bonchev–Trinajstić information content (AvgIpc) is 2.68. The quantitative estimate of drug-likeness (QED) is 0.695. The summed E-state index contributed by atoms with van der Waals surface area (Å²) in [6.07, 6.45) is 0.908. The van der Waals surface area contributed by atoms with Gasteiger partial charge in [0.05, 0.1) is 5.41 Å². The zero-order valence-electron chi connectivity index (χ0n) is 17.6. The van der Waals surface area contributed by atoms with Gasteiger partial charge in [0, 0.05) is 25.0 Å². The van der Waals surface area contributed by atoms with Crippen LogP contribution in [-0.4, -0.2) is 47.8 Å². The predicted molar refractivity (Wildman–Crippen MR) is 113 cm³/mol. The number of amides is 2. The van der Waals surface area contributed by atoms with Crippen LogP contribution in [0, 0.1) is 5.41 Å². The van der Waals surface area contributed by atoms with Gasteiger partial charge in [-0.15, -0.1) is 11.6 Å². The van der Waals surface area contributed by atoms with Crippen LogP contribution in [0.25, 0.3) is 0 Å². The lowest BCUT2D eigenvalue weighted by Gasteiger charge is -2.36. The number of likely N-dealkylation sites (tertiary alicyclic amines) is 1. The Morgan fingerprint density at radius 1 is 1.21 bits per heavy atom. The topological polar surface area (TPSA) is 58.6 Å². The number of piperidine rings is 1. The first-order valence-corrected chi connectivity index (χ1v) is 10.6. The van der Waals surface area contributed by atoms with E-state index in [2.05, 4.69) is 19.2 Å². The summed E-state index contributed by atoms with van der Waals surface area (Å²) in [6.45, 7) is 11.0. The van der Waals surface area contributed by atoms with Crippen molar-refractivity contribution in [2.45, 2.75) is 65.5 Å². The minimum absolute atomic E-state index is 0.0575. The van der Waals surface area contributed by atoms with Gasteiger partial charge in [0.25, 0.3) is 5.91 Å². The van der Waals surface area contributed by atoms with E-state index in [1.807, 2.05) is 43.0 Å². The van der Waals surface area contributed by atoms with E-state index in [9.17, 15) is 9.59 Å². The minimum Gasteiger partial charge on any atom is -0.481 e. The number of hydrogen-bond donors (Lipinski definition) is 1. The second-order valence-corrected chi connectivity index (χ2v) is 8.81. The highest BCUT2D eigenvalue weighted by molar-refractivity contribution is 6.19. The summed E-state index contributed by atoms with van der Waals surface area (Å²) in [5.74, 6) is 1.34. The van der Waals surface area contributed by atoms with E-state index in [1.165, 1.54) is 0 Å². The lowest BCUT2D eigenvalue weighted by Crippen LogP contribution is -2.51. The van der Waals surface area contributed by atoms with Gasteiger partial charge in [0.1, 0.15) is 5.75 Å². The van der Waals surface area contributed by atoms with Crippen molar-refractivity contribution in [3.05, 3.63) is 29.8 Å². The van der Waals surface area contributed by atoms with E-state index < -0.39 is 11.5 Å². The summed E-state index contributed by atoms with van der Waals surface area (Å²) >= 11 is 5.92. The molecule has 1 aliphatic rings. The molecule has 6 heteroatoms. The fourth-order valence-corrected chi connectivity index (χ4v) is 3.45. The molecule has 1 aromatic rings. The van der Waals surface area contributed by atoms with Gasteiger partial charge in [0.15, 0.2) is 6.10 Å². The molecule has 1 N–H and O–H groups in total. The van der Waals surface area contributed by atoms with E-state index >= 15 is 0 Å². The first-order chi connectivity index (χ1) is 13.2. The van der Waals surface area contributed by atoms with Crippen LogP contribution >= 0.6 is 11.6 Å². The number of rotatable bonds is 7. The SMILES string of the molecule is CC(Oc1ccccc1C(C)C)C(=O)NC1CCN(C(=O)C(C)(C)CCl)CC1. The van der Waals surface area contributed by atoms with Gasteiger partial charge in [-0.3, -0.25) is 9.59 Å². The number of alkyl halides is 1. The first-order valence-electron chi connectivity index (χ1n) is 10.1. The van der Waals surface area contributed by atoms with Crippen molar-refractivity contribution >= 4 is 23.4 Å². The molecule has 1 unspecified atom stereocenters. The molecular weight excluding hydrogens is 376 g/mol. The van der Waals surface area contributed by atoms with Crippen LogP contribution in [0.3, 0.4) is 0 Å². The van der Waals surface area contributed by atoms with Crippen molar-refractivity contribution in [1.29, 1.82) is 0 Å². The van der Waals surface area contributed by atoms with Crippen LogP contribution in [0.2, 0.25) is 0 Å². The monoisotopic (exact) mass is 408 g/mol. The molecule has 2 amide bonds. The Bertz CT molecular complexity index is 682. The molecule has 28 heavy (non-hydrogen) atoms. The molecule has 1 aromatic carbocycles. The maximum Gasteiger partial charge on any atom is 0.260 e. The van der Waals surface area contributed by atoms with Gasteiger partial charge in [-0.1, -0.05) is 32.0 Å². The molecule has 0 radical (unpaired) electrons. The Hall–Kier alpha value is -1.75. The molecule has 0 saturated carbocycles. The number of nitrogens with zero attached hydrogens (tertiary/aromatic N) is 1. The zero-order chi connectivity index (χ0) is 20.9. The Balaban J connectivity index is 1.87. The van der Waals surface area contributed by atoms with Gasteiger partial charge in [-0.2, -0.15) is 0 Å². The van der Waals surface area contributed by atoms with Crippen molar-refractivity contribution in [1.82, 2.24) is 10.2 Å². The molecule has 1 heterocycles. The molecule has 0 aromatic heterocycles. The number of benzene rings is 1. The van der Waals surface area contributed by atoms with Crippen molar-refractivity contribution in [3.63, 3.8) is 0 Å². The molecule has 1 fully saturated rings. The fraction of sp³-hybridized carbons (Fsp3) is 0.636. The highest BCUT2D eigenvalue weighted by Crippen LogP contribution is 2.27. The van der Waals surface area contributed by atoms with Gasteiger partial charge in [0.2, 0.25) is 5.91 Å². The highest BCUT2D eigenvalue weighted by atomic mass is 35.5. The Morgan fingerprint density at radius 3 is 2.39 bits per heavy atom. The van der Waals surface area contributed by atoms with Crippen molar-refractivity contribution < 1.29 is 14.3 Å². The highest BCUT2D eigenvalue weighted by Gasteiger charge is 2.34. The van der Waals surface area contributed by atoms with E-state index in [4.69, 9.17) is 16.3 Å². The van der Waals surface area contributed by atoms with Crippen LogP contribution < -0.4 is 10.1 Å². The third kappa shape index (κ3) is 5.63. The maximum atomic E-state index is 12.6. The van der Waals surface area contributed by atoms with Gasteiger partial charge in [-0.05, 0) is 51.2 Å². The molecule has 2 rings (SSSR count). The Labute approximate surface area is 173 Å². The molecule has 0 spiro atoms. The smallest absolute Gasteiger partial charge is 0.260 e. The number of para-hydroxylation sites is 1. The molecule has 1 saturated heterocycles. The van der Waals surface area contributed by atoms with Crippen LogP contribution in [-0.2, 0) is 9.59 Å². The number of hydrogen-bond acceptors (Lipinski definition) is 3. The average molecular weight is 409 g/mol. The summed E-state index contributed by atoms with van der Waals surface area (Å²) in [5.41, 5.74) is 0.542. The van der Waals surface area contributed by atoms with Crippen molar-refractivity contribution in [2.75, 3.05) is 19.0 Å². The van der Waals surface area contributed by atoms with Crippen molar-refractivity contribution in [2.24, 2.45) is 5.41 Å². The lowest BCUT2D eigenvalue weighted by molar-refractivity contribution is -0.140. The fourth-order valence-electron chi connectivity index (χ4n) is 3.34. The van der Waals surface area contributed by atoms with Gasteiger partial charge >= 0.3 is 0 Å². The summed E-state index contributed by atoms with van der Waals surface area (Å²) < 4.78 is 5.94. The summed E-state index contributed by atoms with van der Waals surface area (Å²) in [7, 11) is 0. The van der Waals surface area contributed by atoms with Gasteiger partial charge in [-0.25, -0.2) is 0 Å². The zero-order valence-corrected chi connectivity index (χ0v) is 18.4. The summed E-state index contributed by atoms with van der Waals surface area (Å²) in [4.78, 5) is 26.9. The molecular formula is C22H33ClN2O3. The molecule has 156 valence electrons. The van der Waals surface area contributed by atoms with E-state index in [0.717, 1.165) is 24.2 Å². The molecule has 0 bridgehead atoms. The normalized spacial score (nSPS) is 16.8. The number of ether oxygens (including phenoxy) is 1. The number of nitrogens with one attached hydrogen (secondary N) is 1. The summed E-state index contributed by atoms with van der Waals surface area (Å²) in [5, 5.41) is 3.07. The Kier molecular flexibility index (Phi) is 7.76. The third-order valence-electron chi connectivity index (χ3n) is 5.26. The van der Waals surface area contributed by atoms with Crippen LogP contribution in [0.15, 0.2) is 24.3 Å². The Morgan fingerprint density at radius 2 is 1.82 bits per heavy atom. The summed E-state index contributed by atoms with van der Waals surface area (Å²) in [6, 6.07) is 7.89. The molecule has 1 aliphatic heterocycles. The van der Waals surface area contributed by atoms with Crippen LogP contribution in [0.1, 0.15) is 58.9 Å². The molecule has 1 atom stereocenters. The van der Waals surface area contributed by atoms with E-state index in [1.54, 1.807) is 6.92 Å². The van der Waals surface area contributed by atoms with Gasteiger partial charge < -0.3 is 15.0 Å².